The molecule has 0 bridgehead atoms. The summed E-state index contributed by atoms with van der Waals surface area (Å²) < 4.78 is 8.81. The molecule has 2 aromatic carbocycles. The van der Waals surface area contributed by atoms with E-state index in [4.69, 9.17) is 4.74 Å². The lowest BCUT2D eigenvalue weighted by atomic mass is 9.73. The average molecular weight is 568 g/mol. The molecule has 0 saturated heterocycles. The molecule has 0 amide bonds. The van der Waals surface area contributed by atoms with Crippen molar-refractivity contribution in [2.24, 2.45) is 17.8 Å². The third-order valence-corrected chi connectivity index (χ3v) is 16.4. The quantitative estimate of drug-likeness (QED) is 0.333. The molecule has 5 unspecified atom stereocenters. The summed E-state index contributed by atoms with van der Waals surface area (Å²) >= 11 is 0. The molecule has 0 radical (unpaired) electrons. The number of hydrogen-bond acceptors (Lipinski definition) is 2. The molecule has 6 rings (SSSR count). The van der Waals surface area contributed by atoms with Gasteiger partial charge in [0.15, 0.2) is 0 Å². The van der Waals surface area contributed by atoms with Crippen molar-refractivity contribution in [2.45, 2.75) is 115 Å². The molecule has 4 aliphatic rings. The third-order valence-electron chi connectivity index (χ3n) is 11.6. The Morgan fingerprint density at radius 2 is 1.59 bits per heavy atom. The van der Waals surface area contributed by atoms with Crippen LogP contribution in [0.4, 0.5) is 0 Å². The maximum atomic E-state index is 5.69. The second-order valence-electron chi connectivity index (χ2n) is 15.7. The smallest absolute Gasteiger partial charge is 0.127 e. The van der Waals surface area contributed by atoms with Gasteiger partial charge in [-0.1, -0.05) is 102 Å². The first-order valence-corrected chi connectivity index (χ1v) is 19.4. The fourth-order valence-corrected chi connectivity index (χ4v) is 16.4. The molecule has 5 atom stereocenters. The minimum Gasteiger partial charge on any atom is -0.497 e. The molecule has 4 aliphatic carbocycles. The predicted octanol–water partition coefficient (Wildman–Crippen LogP) is 9.98. The number of hydrogen-bond donors (Lipinski definition) is 0. The minimum absolute atomic E-state index is 0.0181. The van der Waals surface area contributed by atoms with Crippen molar-refractivity contribution >= 4 is 13.8 Å². The van der Waals surface area contributed by atoms with E-state index in [1.807, 2.05) is 0 Å². The van der Waals surface area contributed by atoms with Crippen molar-refractivity contribution in [1.29, 1.82) is 0 Å². The lowest BCUT2D eigenvalue weighted by Crippen LogP contribution is -2.65. The Balaban J connectivity index is 1.51. The summed E-state index contributed by atoms with van der Waals surface area (Å²) in [7, 11) is -0.127. The summed E-state index contributed by atoms with van der Waals surface area (Å²) in [6, 6.07) is 19.0. The van der Waals surface area contributed by atoms with Crippen molar-refractivity contribution in [3.63, 3.8) is 0 Å². The third kappa shape index (κ3) is 4.61. The standard InChI is InChI=1S/C38H53NOSi/c1-25-35(26-16-12-10-13-17-26)31-24-34-30(29-21-20-28(40-7)22-33(29)38(34,5)6)23-32(31)36(25)41(8,9)39(37(2,3)4)27-18-14-11-15-19-27/h10,12-13,16-17,20-25,27,31-32,35-36H,11,14-15,18-19H2,1-9H3. The van der Waals surface area contributed by atoms with Gasteiger partial charge in [0.2, 0.25) is 0 Å². The van der Waals surface area contributed by atoms with Gasteiger partial charge in [0, 0.05) is 17.0 Å². The van der Waals surface area contributed by atoms with Crippen molar-refractivity contribution in [1.82, 2.24) is 4.57 Å². The Labute approximate surface area is 251 Å². The van der Waals surface area contributed by atoms with Gasteiger partial charge >= 0.3 is 0 Å². The number of methoxy groups -OCH3 is 1. The van der Waals surface area contributed by atoms with Gasteiger partial charge < -0.3 is 9.30 Å². The summed E-state index contributed by atoms with van der Waals surface area (Å²) in [5.74, 6) is 3.24. The van der Waals surface area contributed by atoms with Crippen LogP contribution in [-0.2, 0) is 5.41 Å². The Kier molecular flexibility index (Phi) is 7.26. The van der Waals surface area contributed by atoms with E-state index >= 15 is 0 Å². The molecule has 2 aromatic rings. The monoisotopic (exact) mass is 567 g/mol. The Bertz CT molecular complexity index is 1340. The molecule has 2 saturated carbocycles. The van der Waals surface area contributed by atoms with E-state index < -0.39 is 8.24 Å². The highest BCUT2D eigenvalue weighted by molar-refractivity contribution is 6.76. The van der Waals surface area contributed by atoms with E-state index in [9.17, 15) is 0 Å². The van der Waals surface area contributed by atoms with Crippen LogP contribution in [0.25, 0.3) is 5.57 Å². The Hall–Kier alpha value is -2.10. The number of ether oxygens (including phenoxy) is 1. The first-order valence-electron chi connectivity index (χ1n) is 16.3. The molecule has 0 heterocycles. The molecule has 0 N–H and O–H groups in total. The summed E-state index contributed by atoms with van der Waals surface area (Å²) in [6.45, 7) is 20.5. The van der Waals surface area contributed by atoms with E-state index in [1.165, 1.54) is 59.9 Å². The number of rotatable bonds is 5. The fraction of sp³-hybridized carbons (Fsp3) is 0.579. The van der Waals surface area contributed by atoms with E-state index in [0.29, 0.717) is 29.2 Å². The zero-order valence-corrected chi connectivity index (χ0v) is 28.1. The molecular formula is C38H53NOSi. The van der Waals surface area contributed by atoms with Crippen LogP contribution < -0.4 is 4.74 Å². The van der Waals surface area contributed by atoms with Crippen molar-refractivity contribution in [3.8, 4) is 5.75 Å². The van der Waals surface area contributed by atoms with Crippen LogP contribution in [0.15, 0.2) is 66.3 Å². The van der Waals surface area contributed by atoms with E-state index in [2.05, 4.69) is 120 Å². The van der Waals surface area contributed by atoms with Gasteiger partial charge in [0.1, 0.15) is 14.0 Å². The molecule has 0 aromatic heterocycles. The van der Waals surface area contributed by atoms with Crippen molar-refractivity contribution in [3.05, 3.63) is 82.9 Å². The summed E-state index contributed by atoms with van der Waals surface area (Å²) in [6.07, 6.45) is 12.5. The normalized spacial score (nSPS) is 29.5. The molecule has 0 spiro atoms. The van der Waals surface area contributed by atoms with Gasteiger partial charge in [-0.2, -0.15) is 0 Å². The van der Waals surface area contributed by atoms with Crippen LogP contribution in [0.1, 0.15) is 96.3 Å². The van der Waals surface area contributed by atoms with Gasteiger partial charge in [-0.25, -0.2) is 0 Å². The van der Waals surface area contributed by atoms with Crippen LogP contribution in [-0.4, -0.2) is 31.5 Å². The van der Waals surface area contributed by atoms with E-state index in [1.54, 1.807) is 7.11 Å². The van der Waals surface area contributed by atoms with Crippen LogP contribution in [0.5, 0.6) is 5.75 Å². The molecule has 0 aliphatic heterocycles. The summed E-state index contributed by atoms with van der Waals surface area (Å²) in [5.41, 5.74) is 8.27. The molecule has 2 nitrogen and oxygen atoms in total. The van der Waals surface area contributed by atoms with Gasteiger partial charge in [0.05, 0.1) is 7.11 Å². The Morgan fingerprint density at radius 1 is 0.902 bits per heavy atom. The molecular weight excluding hydrogens is 515 g/mol. The number of allylic oxidation sites excluding steroid dienone is 4. The van der Waals surface area contributed by atoms with Gasteiger partial charge in [-0.05, 0) is 103 Å². The second kappa shape index (κ2) is 10.3. The van der Waals surface area contributed by atoms with E-state index in [0.717, 1.165) is 11.8 Å². The number of benzene rings is 2. The zero-order valence-electron chi connectivity index (χ0n) is 27.1. The van der Waals surface area contributed by atoms with Gasteiger partial charge in [-0.3, -0.25) is 0 Å². The van der Waals surface area contributed by atoms with Gasteiger partial charge in [-0.15, -0.1) is 0 Å². The topological polar surface area (TPSA) is 12.5 Å². The predicted molar refractivity (Wildman–Crippen MR) is 177 cm³/mol. The maximum absolute atomic E-state index is 5.69. The SMILES string of the molecule is COc1ccc2c(c1)C(C)(C)C1=CC3C(C=C12)C([Si](C)(C)N(C1CCCCC1)C(C)(C)C)C(C)C3c1ccccc1. The van der Waals surface area contributed by atoms with Crippen molar-refractivity contribution < 1.29 is 4.74 Å². The molecule has 2 fully saturated rings. The fourth-order valence-electron chi connectivity index (χ4n) is 10.4. The van der Waals surface area contributed by atoms with Crippen molar-refractivity contribution in [2.75, 3.05) is 7.11 Å². The lowest BCUT2D eigenvalue weighted by Gasteiger charge is -2.56. The van der Waals surface area contributed by atoms with Gasteiger partial charge in [0.25, 0.3) is 0 Å². The van der Waals surface area contributed by atoms with Crippen LogP contribution >= 0.6 is 0 Å². The summed E-state index contributed by atoms with van der Waals surface area (Å²) in [4.78, 5) is 0. The first-order chi connectivity index (χ1) is 19.4. The lowest BCUT2D eigenvalue weighted by molar-refractivity contribution is 0.138. The molecule has 41 heavy (non-hydrogen) atoms. The van der Waals surface area contributed by atoms with Crippen LogP contribution in [0.2, 0.25) is 18.6 Å². The second-order valence-corrected chi connectivity index (χ2v) is 20.1. The van der Waals surface area contributed by atoms with Crippen LogP contribution in [0.3, 0.4) is 0 Å². The highest BCUT2D eigenvalue weighted by Crippen LogP contribution is 2.65. The largest absolute Gasteiger partial charge is 0.497 e. The highest BCUT2D eigenvalue weighted by atomic mass is 28.3. The van der Waals surface area contributed by atoms with E-state index in [-0.39, 0.29) is 11.0 Å². The number of nitrogens with zero attached hydrogens (tertiary/aromatic N) is 1. The summed E-state index contributed by atoms with van der Waals surface area (Å²) in [5, 5.41) is 0. The Morgan fingerprint density at radius 3 is 2.22 bits per heavy atom. The molecule has 220 valence electrons. The first kappa shape index (κ1) is 29.0. The average Bonchev–Trinajstić information content (AvgIpc) is 3.34. The highest BCUT2D eigenvalue weighted by Gasteiger charge is 2.59. The van der Waals surface area contributed by atoms with Crippen LogP contribution in [0, 0.1) is 17.8 Å². The minimum atomic E-state index is -1.91. The zero-order chi connectivity index (χ0) is 29.3. The maximum Gasteiger partial charge on any atom is 0.127 e. The number of fused-ring (bicyclic) bond motifs is 4. The molecule has 3 heteroatoms.